The molecule has 0 bridgehead atoms. The van der Waals surface area contributed by atoms with E-state index in [2.05, 4.69) is 56.6 Å². The minimum Gasteiger partial charge on any atom is -0.307 e. The van der Waals surface area contributed by atoms with Crippen LogP contribution in [0.4, 0.5) is 0 Å². The standard InChI is InChI=1S/C12H14BrN3/c1-9-2-3-10(12(13)6-9)7-14-8-11-4-5-15-16-11/h2-6,14H,7-8H2,1H3,(H,15,16). The predicted octanol–water partition coefficient (Wildman–Crippen LogP) is 2.77. The zero-order chi connectivity index (χ0) is 11.4. The van der Waals surface area contributed by atoms with Gasteiger partial charge in [-0.3, -0.25) is 5.10 Å². The maximum Gasteiger partial charge on any atom is 0.0490 e. The first-order valence-electron chi connectivity index (χ1n) is 5.20. The monoisotopic (exact) mass is 279 g/mol. The number of aryl methyl sites for hydroxylation is 1. The van der Waals surface area contributed by atoms with Crippen molar-refractivity contribution in [2.75, 3.05) is 0 Å². The summed E-state index contributed by atoms with van der Waals surface area (Å²) < 4.78 is 1.16. The molecule has 0 amide bonds. The third-order valence-electron chi connectivity index (χ3n) is 2.40. The summed E-state index contributed by atoms with van der Waals surface area (Å²) in [6.07, 6.45) is 1.76. The molecule has 0 radical (unpaired) electrons. The Morgan fingerprint density at radius 2 is 2.19 bits per heavy atom. The van der Waals surface area contributed by atoms with Gasteiger partial charge in [-0.1, -0.05) is 28.1 Å². The first-order valence-corrected chi connectivity index (χ1v) is 5.99. The molecule has 0 atom stereocenters. The number of aromatic amines is 1. The Morgan fingerprint density at radius 3 is 2.88 bits per heavy atom. The summed E-state index contributed by atoms with van der Waals surface area (Å²) in [5.41, 5.74) is 3.64. The molecule has 0 unspecified atom stereocenters. The largest absolute Gasteiger partial charge is 0.307 e. The zero-order valence-electron chi connectivity index (χ0n) is 9.13. The first-order chi connectivity index (χ1) is 7.75. The Balaban J connectivity index is 1.90. The summed E-state index contributed by atoms with van der Waals surface area (Å²) in [5.74, 6) is 0. The third kappa shape index (κ3) is 2.93. The summed E-state index contributed by atoms with van der Waals surface area (Å²) >= 11 is 3.57. The molecule has 2 rings (SSSR count). The number of halogens is 1. The second-order valence-electron chi connectivity index (χ2n) is 3.78. The first kappa shape index (κ1) is 11.4. The van der Waals surface area contributed by atoms with Crippen LogP contribution in [-0.2, 0) is 13.1 Å². The molecule has 1 aromatic heterocycles. The van der Waals surface area contributed by atoms with Crippen molar-refractivity contribution in [3.8, 4) is 0 Å². The van der Waals surface area contributed by atoms with E-state index in [9.17, 15) is 0 Å². The van der Waals surface area contributed by atoms with Crippen molar-refractivity contribution in [2.24, 2.45) is 0 Å². The molecule has 0 aliphatic rings. The summed E-state index contributed by atoms with van der Waals surface area (Å²) in [5, 5.41) is 10.2. The fraction of sp³-hybridized carbons (Fsp3) is 0.250. The third-order valence-corrected chi connectivity index (χ3v) is 3.14. The smallest absolute Gasteiger partial charge is 0.0490 e. The van der Waals surface area contributed by atoms with Gasteiger partial charge in [0.1, 0.15) is 0 Å². The van der Waals surface area contributed by atoms with Crippen molar-refractivity contribution in [2.45, 2.75) is 20.0 Å². The van der Waals surface area contributed by atoms with Gasteiger partial charge in [-0.05, 0) is 30.2 Å². The lowest BCUT2D eigenvalue weighted by Crippen LogP contribution is -2.13. The van der Waals surface area contributed by atoms with Crippen LogP contribution in [0.15, 0.2) is 34.9 Å². The maximum absolute atomic E-state index is 3.90. The summed E-state index contributed by atoms with van der Waals surface area (Å²) in [4.78, 5) is 0. The van der Waals surface area contributed by atoms with Gasteiger partial charge in [0.2, 0.25) is 0 Å². The molecule has 84 valence electrons. The second kappa shape index (κ2) is 5.27. The SMILES string of the molecule is Cc1ccc(CNCc2ccn[nH]2)c(Br)c1. The van der Waals surface area contributed by atoms with E-state index in [4.69, 9.17) is 0 Å². The molecule has 16 heavy (non-hydrogen) atoms. The molecule has 0 saturated carbocycles. The van der Waals surface area contributed by atoms with E-state index >= 15 is 0 Å². The average Bonchev–Trinajstić information content (AvgIpc) is 2.74. The predicted molar refractivity (Wildman–Crippen MR) is 68.0 cm³/mol. The van der Waals surface area contributed by atoms with E-state index in [1.807, 2.05) is 6.07 Å². The molecule has 0 fully saturated rings. The summed E-state index contributed by atoms with van der Waals surface area (Å²) in [6, 6.07) is 8.36. The van der Waals surface area contributed by atoms with Crippen LogP contribution in [0.3, 0.4) is 0 Å². The van der Waals surface area contributed by atoms with Gasteiger partial charge in [-0.2, -0.15) is 5.10 Å². The molecular formula is C12H14BrN3. The van der Waals surface area contributed by atoms with Gasteiger partial charge in [0.05, 0.1) is 0 Å². The van der Waals surface area contributed by atoms with Crippen LogP contribution in [0, 0.1) is 6.92 Å². The lowest BCUT2D eigenvalue weighted by atomic mass is 10.1. The highest BCUT2D eigenvalue weighted by atomic mass is 79.9. The number of aromatic nitrogens is 2. The van der Waals surface area contributed by atoms with Crippen molar-refractivity contribution in [3.05, 3.63) is 51.8 Å². The molecule has 1 aromatic carbocycles. The van der Waals surface area contributed by atoms with Gasteiger partial charge >= 0.3 is 0 Å². The van der Waals surface area contributed by atoms with Gasteiger partial charge in [0.15, 0.2) is 0 Å². The van der Waals surface area contributed by atoms with E-state index in [0.29, 0.717) is 0 Å². The Hall–Kier alpha value is -1.13. The molecule has 0 spiro atoms. The molecule has 2 aromatic rings. The van der Waals surface area contributed by atoms with Gasteiger partial charge < -0.3 is 5.32 Å². The summed E-state index contributed by atoms with van der Waals surface area (Å²) in [6.45, 7) is 3.74. The molecule has 2 N–H and O–H groups in total. The van der Waals surface area contributed by atoms with Gasteiger partial charge in [-0.15, -0.1) is 0 Å². The molecule has 1 heterocycles. The summed E-state index contributed by atoms with van der Waals surface area (Å²) in [7, 11) is 0. The lowest BCUT2D eigenvalue weighted by Gasteiger charge is -2.06. The Labute approximate surface area is 103 Å². The Morgan fingerprint density at radius 1 is 1.31 bits per heavy atom. The van der Waals surface area contributed by atoms with Crippen molar-refractivity contribution in [1.29, 1.82) is 0 Å². The highest BCUT2D eigenvalue weighted by Gasteiger charge is 2.00. The van der Waals surface area contributed by atoms with Crippen molar-refractivity contribution in [1.82, 2.24) is 15.5 Å². The molecule has 0 aliphatic carbocycles. The topological polar surface area (TPSA) is 40.7 Å². The molecule has 4 heteroatoms. The number of benzene rings is 1. The van der Waals surface area contributed by atoms with Crippen LogP contribution in [-0.4, -0.2) is 10.2 Å². The number of rotatable bonds is 4. The number of nitrogens with zero attached hydrogens (tertiary/aromatic N) is 1. The maximum atomic E-state index is 3.90. The molecule has 0 saturated heterocycles. The van der Waals surface area contributed by atoms with E-state index < -0.39 is 0 Å². The Kier molecular flexibility index (Phi) is 3.74. The van der Waals surface area contributed by atoms with Crippen LogP contribution in [0.25, 0.3) is 0 Å². The minimum absolute atomic E-state index is 0.806. The van der Waals surface area contributed by atoms with Gasteiger partial charge in [0, 0.05) is 29.5 Å². The molecule has 3 nitrogen and oxygen atoms in total. The minimum atomic E-state index is 0.806. The fourth-order valence-corrected chi connectivity index (χ4v) is 2.14. The van der Waals surface area contributed by atoms with Crippen molar-refractivity contribution in [3.63, 3.8) is 0 Å². The quantitative estimate of drug-likeness (QED) is 0.904. The van der Waals surface area contributed by atoms with E-state index in [1.54, 1.807) is 6.20 Å². The molecule has 0 aliphatic heterocycles. The average molecular weight is 280 g/mol. The molecular weight excluding hydrogens is 266 g/mol. The lowest BCUT2D eigenvalue weighted by molar-refractivity contribution is 0.675. The van der Waals surface area contributed by atoms with Crippen LogP contribution in [0.1, 0.15) is 16.8 Å². The number of hydrogen-bond acceptors (Lipinski definition) is 2. The van der Waals surface area contributed by atoms with Crippen LogP contribution >= 0.6 is 15.9 Å². The van der Waals surface area contributed by atoms with Crippen LogP contribution in [0.2, 0.25) is 0 Å². The van der Waals surface area contributed by atoms with E-state index in [1.165, 1.54) is 11.1 Å². The second-order valence-corrected chi connectivity index (χ2v) is 4.63. The normalized spacial score (nSPS) is 10.6. The fourth-order valence-electron chi connectivity index (χ4n) is 1.51. The Bertz CT molecular complexity index is 451. The highest BCUT2D eigenvalue weighted by molar-refractivity contribution is 9.10. The van der Waals surface area contributed by atoms with Crippen LogP contribution < -0.4 is 5.32 Å². The van der Waals surface area contributed by atoms with Crippen molar-refractivity contribution < 1.29 is 0 Å². The number of hydrogen-bond donors (Lipinski definition) is 2. The van der Waals surface area contributed by atoms with Gasteiger partial charge in [-0.25, -0.2) is 0 Å². The van der Waals surface area contributed by atoms with E-state index in [0.717, 1.165) is 23.3 Å². The zero-order valence-corrected chi connectivity index (χ0v) is 10.7. The highest BCUT2D eigenvalue weighted by Crippen LogP contribution is 2.18. The van der Waals surface area contributed by atoms with Gasteiger partial charge in [0.25, 0.3) is 0 Å². The van der Waals surface area contributed by atoms with Crippen LogP contribution in [0.5, 0.6) is 0 Å². The number of nitrogens with one attached hydrogen (secondary N) is 2. The van der Waals surface area contributed by atoms with E-state index in [-0.39, 0.29) is 0 Å². The number of H-pyrrole nitrogens is 1. The van der Waals surface area contributed by atoms with Crippen molar-refractivity contribution >= 4 is 15.9 Å².